The molecule has 0 saturated carbocycles. The van der Waals surface area contributed by atoms with E-state index >= 15 is 0 Å². The predicted molar refractivity (Wildman–Crippen MR) is 118 cm³/mol. The Labute approximate surface area is 179 Å². The number of hydrogen-bond donors (Lipinski definition) is 1. The molecule has 1 aliphatic rings. The van der Waals surface area contributed by atoms with Crippen molar-refractivity contribution in [2.24, 2.45) is 0 Å². The number of aryl methyl sites for hydroxylation is 1. The lowest BCUT2D eigenvalue weighted by atomic mass is 10.1. The van der Waals surface area contributed by atoms with Crippen LogP contribution in [0, 0.1) is 12.7 Å². The molecule has 6 heteroatoms. The Morgan fingerprint density at radius 2 is 1.87 bits per heavy atom. The summed E-state index contributed by atoms with van der Waals surface area (Å²) >= 11 is 1.50. The number of rotatable bonds is 4. The van der Waals surface area contributed by atoms with Crippen LogP contribution in [0.15, 0.2) is 70.5 Å². The molecule has 0 unspecified atom stereocenters. The van der Waals surface area contributed by atoms with E-state index < -0.39 is 5.82 Å². The van der Waals surface area contributed by atoms with Crippen molar-refractivity contribution in [3.63, 3.8) is 0 Å². The van der Waals surface area contributed by atoms with E-state index in [1.807, 2.05) is 43.3 Å². The van der Waals surface area contributed by atoms with E-state index in [1.165, 1.54) is 17.8 Å². The second kappa shape index (κ2) is 8.32. The SMILES string of the molecule is CCCN1C(=O)c2ccccc2Sc2cc(NC(=O)c3ccc(C)c(F)c3)ccc21. The van der Waals surface area contributed by atoms with Crippen molar-refractivity contribution in [3.8, 4) is 0 Å². The lowest BCUT2D eigenvalue weighted by Gasteiger charge is -2.22. The fourth-order valence-corrected chi connectivity index (χ4v) is 4.50. The van der Waals surface area contributed by atoms with E-state index in [4.69, 9.17) is 0 Å². The van der Waals surface area contributed by atoms with E-state index in [0.29, 0.717) is 23.4 Å². The molecule has 0 aliphatic carbocycles. The molecule has 4 nitrogen and oxygen atoms in total. The first-order valence-electron chi connectivity index (χ1n) is 9.78. The van der Waals surface area contributed by atoms with Gasteiger partial charge in [-0.2, -0.15) is 0 Å². The summed E-state index contributed by atoms with van der Waals surface area (Å²) in [4.78, 5) is 29.2. The minimum absolute atomic E-state index is 0.0226. The molecule has 0 atom stereocenters. The van der Waals surface area contributed by atoms with Crippen LogP contribution in [-0.4, -0.2) is 18.4 Å². The molecule has 0 aromatic heterocycles. The van der Waals surface area contributed by atoms with E-state index in [-0.39, 0.29) is 17.4 Å². The first-order chi connectivity index (χ1) is 14.5. The zero-order valence-corrected chi connectivity index (χ0v) is 17.6. The molecule has 0 fully saturated rings. The van der Waals surface area contributed by atoms with Gasteiger partial charge in [0.05, 0.1) is 11.3 Å². The van der Waals surface area contributed by atoms with Gasteiger partial charge in [-0.3, -0.25) is 9.59 Å². The van der Waals surface area contributed by atoms with Gasteiger partial charge < -0.3 is 10.2 Å². The lowest BCUT2D eigenvalue weighted by Crippen LogP contribution is -2.31. The van der Waals surface area contributed by atoms with Gasteiger partial charge in [0.25, 0.3) is 11.8 Å². The maximum atomic E-state index is 13.8. The predicted octanol–water partition coefficient (Wildman–Crippen LogP) is 5.91. The lowest BCUT2D eigenvalue weighted by molar-refractivity contribution is 0.0982. The number of nitrogens with zero attached hydrogens (tertiary/aromatic N) is 1. The van der Waals surface area contributed by atoms with E-state index in [2.05, 4.69) is 5.32 Å². The summed E-state index contributed by atoms with van der Waals surface area (Å²) in [5.74, 6) is -0.814. The molecule has 1 heterocycles. The summed E-state index contributed by atoms with van der Waals surface area (Å²) in [5, 5.41) is 2.84. The highest BCUT2D eigenvalue weighted by Gasteiger charge is 2.27. The topological polar surface area (TPSA) is 49.4 Å². The van der Waals surface area contributed by atoms with Crippen molar-refractivity contribution in [2.45, 2.75) is 30.1 Å². The van der Waals surface area contributed by atoms with E-state index in [1.54, 1.807) is 30.0 Å². The summed E-state index contributed by atoms with van der Waals surface area (Å²) in [5.41, 5.74) is 2.84. The molecule has 152 valence electrons. The van der Waals surface area contributed by atoms with Gasteiger partial charge in [0, 0.05) is 27.6 Å². The highest BCUT2D eigenvalue weighted by Crippen LogP contribution is 2.42. The largest absolute Gasteiger partial charge is 0.322 e. The van der Waals surface area contributed by atoms with Gasteiger partial charge in [0.2, 0.25) is 0 Å². The van der Waals surface area contributed by atoms with Gasteiger partial charge in [-0.25, -0.2) is 4.39 Å². The Bertz CT molecular complexity index is 1150. The monoisotopic (exact) mass is 420 g/mol. The minimum Gasteiger partial charge on any atom is -0.322 e. The van der Waals surface area contributed by atoms with Crippen LogP contribution in [0.2, 0.25) is 0 Å². The Morgan fingerprint density at radius 1 is 1.07 bits per heavy atom. The van der Waals surface area contributed by atoms with Crippen LogP contribution in [-0.2, 0) is 0 Å². The molecule has 30 heavy (non-hydrogen) atoms. The van der Waals surface area contributed by atoms with E-state index in [9.17, 15) is 14.0 Å². The first-order valence-corrected chi connectivity index (χ1v) is 10.6. The van der Waals surface area contributed by atoms with Crippen molar-refractivity contribution in [1.29, 1.82) is 0 Å². The molecule has 0 radical (unpaired) electrons. The number of amides is 2. The highest BCUT2D eigenvalue weighted by molar-refractivity contribution is 7.99. The number of carbonyl (C=O) groups is 2. The fraction of sp³-hybridized carbons (Fsp3) is 0.167. The van der Waals surface area contributed by atoms with Gasteiger partial charge in [-0.15, -0.1) is 0 Å². The van der Waals surface area contributed by atoms with E-state index in [0.717, 1.165) is 21.9 Å². The molecule has 0 bridgehead atoms. The fourth-order valence-electron chi connectivity index (χ4n) is 3.39. The summed E-state index contributed by atoms with van der Waals surface area (Å²) in [6.07, 6.45) is 0.829. The number of halogens is 1. The average Bonchev–Trinajstić information content (AvgIpc) is 2.85. The molecular weight excluding hydrogens is 399 g/mol. The number of carbonyl (C=O) groups excluding carboxylic acids is 2. The third kappa shape index (κ3) is 3.83. The quantitative estimate of drug-likeness (QED) is 0.571. The molecule has 4 rings (SSSR count). The molecule has 0 saturated heterocycles. The maximum absolute atomic E-state index is 13.8. The zero-order chi connectivity index (χ0) is 21.3. The second-order valence-corrected chi connectivity index (χ2v) is 8.24. The number of hydrogen-bond acceptors (Lipinski definition) is 3. The first kappa shape index (κ1) is 20.2. The van der Waals surface area contributed by atoms with Gasteiger partial charge in [-0.05, 0) is 61.4 Å². The van der Waals surface area contributed by atoms with Crippen LogP contribution in [0.3, 0.4) is 0 Å². The number of anilines is 2. The van der Waals surface area contributed by atoms with Crippen LogP contribution in [0.4, 0.5) is 15.8 Å². The van der Waals surface area contributed by atoms with Crippen molar-refractivity contribution >= 4 is 35.0 Å². The molecule has 2 amide bonds. The van der Waals surface area contributed by atoms with Gasteiger partial charge in [0.15, 0.2) is 0 Å². The third-order valence-electron chi connectivity index (χ3n) is 4.97. The molecule has 3 aromatic carbocycles. The Morgan fingerprint density at radius 3 is 2.63 bits per heavy atom. The van der Waals surface area contributed by atoms with Crippen molar-refractivity contribution < 1.29 is 14.0 Å². The Hall–Kier alpha value is -3.12. The second-order valence-electron chi connectivity index (χ2n) is 7.16. The van der Waals surface area contributed by atoms with Gasteiger partial charge in [0.1, 0.15) is 5.82 Å². The third-order valence-corrected chi connectivity index (χ3v) is 6.10. The summed E-state index contributed by atoms with van der Waals surface area (Å²) in [6, 6.07) is 17.5. The number of benzene rings is 3. The highest BCUT2D eigenvalue weighted by atomic mass is 32.2. The Balaban J connectivity index is 1.68. The van der Waals surface area contributed by atoms with Crippen LogP contribution in [0.25, 0.3) is 0 Å². The molecular formula is C24H21FN2O2S. The van der Waals surface area contributed by atoms with Crippen molar-refractivity contribution in [3.05, 3.63) is 83.2 Å². The normalized spacial score (nSPS) is 12.8. The van der Waals surface area contributed by atoms with Crippen molar-refractivity contribution in [2.75, 3.05) is 16.8 Å². The van der Waals surface area contributed by atoms with Gasteiger partial charge in [-0.1, -0.05) is 36.9 Å². The minimum atomic E-state index is -0.412. The van der Waals surface area contributed by atoms with Crippen LogP contribution in [0.1, 0.15) is 39.6 Å². The zero-order valence-electron chi connectivity index (χ0n) is 16.7. The van der Waals surface area contributed by atoms with Crippen LogP contribution >= 0.6 is 11.8 Å². The van der Waals surface area contributed by atoms with Crippen LogP contribution < -0.4 is 10.2 Å². The molecule has 0 spiro atoms. The standard InChI is InChI=1S/C24H21FN2O2S/c1-3-12-27-20-11-10-17(26-23(28)16-9-8-15(2)19(25)13-16)14-22(20)30-21-7-5-4-6-18(21)24(27)29/h4-11,13-14H,3,12H2,1-2H3,(H,26,28). The average molecular weight is 421 g/mol. The number of nitrogens with one attached hydrogen (secondary N) is 1. The number of fused-ring (bicyclic) bond motifs is 2. The summed E-state index contributed by atoms with van der Waals surface area (Å²) in [7, 11) is 0. The van der Waals surface area contributed by atoms with Gasteiger partial charge >= 0.3 is 0 Å². The smallest absolute Gasteiger partial charge is 0.259 e. The van der Waals surface area contributed by atoms with Crippen molar-refractivity contribution in [1.82, 2.24) is 0 Å². The molecule has 1 N–H and O–H groups in total. The maximum Gasteiger partial charge on any atom is 0.259 e. The summed E-state index contributed by atoms with van der Waals surface area (Å²) in [6.45, 7) is 4.29. The molecule has 1 aliphatic heterocycles. The molecule has 3 aromatic rings. The Kier molecular flexibility index (Phi) is 5.59. The summed E-state index contributed by atoms with van der Waals surface area (Å²) < 4.78 is 13.8. The van der Waals surface area contributed by atoms with Crippen LogP contribution in [0.5, 0.6) is 0 Å².